The lowest BCUT2D eigenvalue weighted by atomic mass is 10.0. The number of benzene rings is 1. The van der Waals surface area contributed by atoms with E-state index in [1.54, 1.807) is 6.07 Å². The highest BCUT2D eigenvalue weighted by atomic mass is 16.4. The Labute approximate surface area is 248 Å². The fourth-order valence-corrected chi connectivity index (χ4v) is 5.95. The van der Waals surface area contributed by atoms with E-state index in [1.165, 1.54) is 173 Å². The second-order valence-corrected chi connectivity index (χ2v) is 12.4. The maximum atomic E-state index is 11.1. The maximum absolute atomic E-state index is 11.1. The lowest BCUT2D eigenvalue weighted by Gasteiger charge is -2.07. The third kappa shape index (κ3) is 21.3. The molecule has 3 nitrogen and oxygen atoms in total. The van der Waals surface area contributed by atoms with Crippen molar-refractivity contribution < 1.29 is 15.0 Å². The molecule has 0 aliphatic heterocycles. The van der Waals surface area contributed by atoms with Gasteiger partial charge >= 0.3 is 5.97 Å². The molecule has 1 rings (SSSR count). The number of unbranched alkanes of at least 4 members (excludes halogenated alkanes) is 27. The average molecular weight is 559 g/mol. The number of rotatable bonds is 30. The van der Waals surface area contributed by atoms with Gasteiger partial charge in [-0.25, -0.2) is 4.79 Å². The molecule has 40 heavy (non-hydrogen) atoms. The van der Waals surface area contributed by atoms with E-state index < -0.39 is 5.97 Å². The van der Waals surface area contributed by atoms with Crippen molar-refractivity contribution in [1.29, 1.82) is 0 Å². The van der Waals surface area contributed by atoms with Gasteiger partial charge in [-0.3, -0.25) is 0 Å². The number of aromatic carboxylic acids is 1. The molecule has 0 amide bonds. The first kappa shape index (κ1) is 36.5. The van der Waals surface area contributed by atoms with E-state index in [2.05, 4.69) is 6.92 Å². The van der Waals surface area contributed by atoms with E-state index in [-0.39, 0.29) is 11.3 Å². The second kappa shape index (κ2) is 27.6. The Morgan fingerprint density at radius 2 is 0.800 bits per heavy atom. The van der Waals surface area contributed by atoms with Crippen molar-refractivity contribution in [3.8, 4) is 5.75 Å². The van der Waals surface area contributed by atoms with Gasteiger partial charge in [0.25, 0.3) is 0 Å². The monoisotopic (exact) mass is 559 g/mol. The summed E-state index contributed by atoms with van der Waals surface area (Å²) in [5.41, 5.74) is 0.771. The third-order valence-corrected chi connectivity index (χ3v) is 8.65. The normalized spacial score (nSPS) is 11.3. The highest BCUT2D eigenvalue weighted by molar-refractivity contribution is 5.91. The lowest BCUT2D eigenvalue weighted by Crippen LogP contribution is -1.99. The number of aryl methyl sites for hydroxylation is 1. The standard InChI is InChI=1S/C37H66O3/c1-2-3-4-5-6-7-8-9-10-11-12-13-14-15-16-17-18-19-20-21-22-23-24-25-26-27-28-29-31-34-32-30-33-35(36(34)38)37(39)40/h30,32-33,38H,2-29,31H2,1H3,(H,39,40). The zero-order chi connectivity index (χ0) is 28.9. The minimum absolute atomic E-state index is 0.0118. The summed E-state index contributed by atoms with van der Waals surface area (Å²) in [7, 11) is 0. The summed E-state index contributed by atoms with van der Waals surface area (Å²) in [4.78, 5) is 11.1. The molecule has 0 atom stereocenters. The van der Waals surface area contributed by atoms with Crippen LogP contribution in [0.5, 0.6) is 5.75 Å². The molecule has 232 valence electrons. The summed E-state index contributed by atoms with van der Waals surface area (Å²) in [6.07, 6.45) is 39.9. The molecule has 0 aromatic heterocycles. The minimum Gasteiger partial charge on any atom is -0.507 e. The maximum Gasteiger partial charge on any atom is 0.339 e. The Kier molecular flexibility index (Phi) is 25.2. The quantitative estimate of drug-likeness (QED) is 0.0923. The number of hydrogen-bond donors (Lipinski definition) is 2. The first-order chi connectivity index (χ1) is 19.7. The zero-order valence-corrected chi connectivity index (χ0v) is 26.5. The van der Waals surface area contributed by atoms with Crippen LogP contribution in [-0.2, 0) is 6.42 Å². The topological polar surface area (TPSA) is 57.5 Å². The molecule has 1 aromatic rings. The third-order valence-electron chi connectivity index (χ3n) is 8.65. The Morgan fingerprint density at radius 1 is 0.500 bits per heavy atom. The van der Waals surface area contributed by atoms with Crippen LogP contribution in [0.2, 0.25) is 0 Å². The van der Waals surface area contributed by atoms with Crippen LogP contribution < -0.4 is 0 Å². The number of aromatic hydroxyl groups is 1. The molecule has 0 aliphatic rings. The molecule has 0 heterocycles. The van der Waals surface area contributed by atoms with Crippen molar-refractivity contribution >= 4 is 5.97 Å². The zero-order valence-electron chi connectivity index (χ0n) is 26.5. The molecule has 3 heteroatoms. The largest absolute Gasteiger partial charge is 0.507 e. The smallest absolute Gasteiger partial charge is 0.339 e. The number of carbonyl (C=O) groups is 1. The summed E-state index contributed by atoms with van der Waals surface area (Å²) in [6.45, 7) is 2.30. The minimum atomic E-state index is -1.06. The van der Waals surface area contributed by atoms with Crippen molar-refractivity contribution in [1.82, 2.24) is 0 Å². The van der Waals surface area contributed by atoms with Crippen LogP contribution in [0.25, 0.3) is 0 Å². The Balaban J connectivity index is 1.72. The molecule has 2 N–H and O–H groups in total. The molecule has 1 aromatic carbocycles. The van der Waals surface area contributed by atoms with Crippen molar-refractivity contribution in [3.63, 3.8) is 0 Å². The van der Waals surface area contributed by atoms with Crippen LogP contribution in [-0.4, -0.2) is 16.2 Å². The van der Waals surface area contributed by atoms with Gasteiger partial charge < -0.3 is 10.2 Å². The van der Waals surface area contributed by atoms with Gasteiger partial charge in [0.2, 0.25) is 0 Å². The van der Waals surface area contributed by atoms with Crippen molar-refractivity contribution in [3.05, 3.63) is 29.3 Å². The van der Waals surface area contributed by atoms with Crippen LogP contribution in [0, 0.1) is 0 Å². The molecule has 0 bridgehead atoms. The predicted molar refractivity (Wildman–Crippen MR) is 174 cm³/mol. The van der Waals surface area contributed by atoms with Gasteiger partial charge in [-0.1, -0.05) is 192 Å². The summed E-state index contributed by atoms with van der Waals surface area (Å²) >= 11 is 0. The van der Waals surface area contributed by atoms with E-state index >= 15 is 0 Å². The van der Waals surface area contributed by atoms with Gasteiger partial charge in [0.15, 0.2) is 0 Å². The summed E-state index contributed by atoms with van der Waals surface area (Å²) in [5, 5.41) is 19.2. The molecule has 0 saturated carbocycles. The van der Waals surface area contributed by atoms with Gasteiger partial charge in [0, 0.05) is 0 Å². The van der Waals surface area contributed by atoms with Crippen LogP contribution in [0.3, 0.4) is 0 Å². The van der Waals surface area contributed by atoms with Gasteiger partial charge in [-0.2, -0.15) is 0 Å². The average Bonchev–Trinajstić information content (AvgIpc) is 2.95. The van der Waals surface area contributed by atoms with Crippen LogP contribution in [0.4, 0.5) is 0 Å². The highest BCUT2D eigenvalue weighted by Crippen LogP contribution is 2.24. The van der Waals surface area contributed by atoms with Crippen LogP contribution in [0.1, 0.15) is 203 Å². The summed E-state index contributed by atoms with van der Waals surface area (Å²) in [6, 6.07) is 5.02. The van der Waals surface area contributed by atoms with Crippen molar-refractivity contribution in [2.24, 2.45) is 0 Å². The van der Waals surface area contributed by atoms with E-state index in [1.807, 2.05) is 6.07 Å². The number of carboxylic acid groups (broad SMARTS) is 1. The van der Waals surface area contributed by atoms with E-state index in [9.17, 15) is 9.90 Å². The van der Waals surface area contributed by atoms with E-state index in [0.717, 1.165) is 24.8 Å². The Bertz CT molecular complexity index is 699. The molecular formula is C37H66O3. The first-order valence-electron chi connectivity index (χ1n) is 17.7. The van der Waals surface area contributed by atoms with Crippen LogP contribution >= 0.6 is 0 Å². The van der Waals surface area contributed by atoms with Gasteiger partial charge in [0.1, 0.15) is 11.3 Å². The molecule has 0 saturated heterocycles. The predicted octanol–water partition coefficient (Wildman–Crippen LogP) is 12.6. The highest BCUT2D eigenvalue weighted by Gasteiger charge is 2.12. The second-order valence-electron chi connectivity index (χ2n) is 12.4. The van der Waals surface area contributed by atoms with Gasteiger partial charge in [-0.05, 0) is 24.5 Å². The molecule has 0 unspecified atom stereocenters. The molecule has 0 fully saturated rings. The molecular weight excluding hydrogens is 492 g/mol. The van der Waals surface area contributed by atoms with E-state index in [0.29, 0.717) is 0 Å². The fraction of sp³-hybridized carbons (Fsp3) is 0.811. The number of carboxylic acids is 1. The van der Waals surface area contributed by atoms with Crippen molar-refractivity contribution in [2.75, 3.05) is 0 Å². The lowest BCUT2D eigenvalue weighted by molar-refractivity contribution is 0.0693. The molecule has 0 aliphatic carbocycles. The SMILES string of the molecule is CCCCCCCCCCCCCCCCCCCCCCCCCCCCCCc1cccc(C(=O)O)c1O. The number of para-hydroxylation sites is 1. The Morgan fingerprint density at radius 3 is 1.10 bits per heavy atom. The Hall–Kier alpha value is -1.51. The number of hydrogen-bond acceptors (Lipinski definition) is 2. The van der Waals surface area contributed by atoms with Gasteiger partial charge in [0.05, 0.1) is 0 Å². The van der Waals surface area contributed by atoms with E-state index in [4.69, 9.17) is 5.11 Å². The molecule has 0 spiro atoms. The van der Waals surface area contributed by atoms with Crippen LogP contribution in [0.15, 0.2) is 18.2 Å². The number of phenols is 1. The fourth-order valence-electron chi connectivity index (χ4n) is 5.95. The molecule has 0 radical (unpaired) electrons. The summed E-state index contributed by atoms with van der Waals surface area (Å²) in [5.74, 6) is -1.12. The van der Waals surface area contributed by atoms with Crippen molar-refractivity contribution in [2.45, 2.75) is 193 Å². The first-order valence-corrected chi connectivity index (χ1v) is 17.7. The van der Waals surface area contributed by atoms with Gasteiger partial charge in [-0.15, -0.1) is 0 Å². The summed E-state index contributed by atoms with van der Waals surface area (Å²) < 4.78 is 0.